The lowest BCUT2D eigenvalue weighted by atomic mass is 9.73. The summed E-state index contributed by atoms with van der Waals surface area (Å²) in [4.78, 5) is 0. The summed E-state index contributed by atoms with van der Waals surface area (Å²) in [7, 11) is 0. The largest absolute Gasteiger partial charge is 0.103 e. The van der Waals surface area contributed by atoms with Gasteiger partial charge >= 0.3 is 0 Å². The highest BCUT2D eigenvalue weighted by Gasteiger charge is 2.25. The zero-order chi connectivity index (χ0) is 18.4. The van der Waals surface area contributed by atoms with Gasteiger partial charge in [0.25, 0.3) is 0 Å². The molecule has 0 heteroatoms. The Hall–Kier alpha value is -0.260. The van der Waals surface area contributed by atoms with Crippen LogP contribution in [0.15, 0.2) is 12.7 Å². The molecule has 24 heavy (non-hydrogen) atoms. The van der Waals surface area contributed by atoms with Crippen LogP contribution in [-0.4, -0.2) is 0 Å². The average Bonchev–Trinajstić information content (AvgIpc) is 2.54. The third kappa shape index (κ3) is 11.3. The SMILES string of the molecule is C=CCCCCC(C(C)CCCC(C)CCCCC)C(C)C(C)C. The van der Waals surface area contributed by atoms with Crippen LogP contribution < -0.4 is 0 Å². The molecule has 0 aliphatic carbocycles. The molecular weight excluding hydrogens is 288 g/mol. The third-order valence-electron chi connectivity index (χ3n) is 6.31. The number of rotatable bonds is 16. The molecule has 0 nitrogen and oxygen atoms in total. The van der Waals surface area contributed by atoms with Gasteiger partial charge in [0.2, 0.25) is 0 Å². The van der Waals surface area contributed by atoms with Crippen molar-refractivity contribution in [2.45, 2.75) is 112 Å². The zero-order valence-corrected chi connectivity index (χ0v) is 17.9. The Labute approximate surface area is 154 Å². The summed E-state index contributed by atoms with van der Waals surface area (Å²) in [6.07, 6.45) is 17.3. The molecule has 0 heterocycles. The van der Waals surface area contributed by atoms with Crippen molar-refractivity contribution in [3.8, 4) is 0 Å². The molecule has 0 aliphatic heterocycles. The van der Waals surface area contributed by atoms with E-state index in [1.165, 1.54) is 70.6 Å². The minimum Gasteiger partial charge on any atom is -0.103 e. The van der Waals surface area contributed by atoms with Gasteiger partial charge in [-0.1, -0.05) is 99.0 Å². The van der Waals surface area contributed by atoms with Crippen LogP contribution in [0.5, 0.6) is 0 Å². The summed E-state index contributed by atoms with van der Waals surface area (Å²) in [5.74, 6) is 4.38. The van der Waals surface area contributed by atoms with Crippen LogP contribution in [0.25, 0.3) is 0 Å². The number of hydrogen-bond acceptors (Lipinski definition) is 0. The van der Waals surface area contributed by atoms with Gasteiger partial charge in [-0.15, -0.1) is 6.58 Å². The smallest absolute Gasteiger partial charge is 0.0353 e. The van der Waals surface area contributed by atoms with E-state index in [-0.39, 0.29) is 0 Å². The average molecular weight is 337 g/mol. The van der Waals surface area contributed by atoms with Crippen molar-refractivity contribution in [2.24, 2.45) is 29.6 Å². The van der Waals surface area contributed by atoms with E-state index in [0.29, 0.717) is 0 Å². The molecule has 0 spiro atoms. The van der Waals surface area contributed by atoms with Gasteiger partial charge in [0.15, 0.2) is 0 Å². The first-order valence-electron chi connectivity index (χ1n) is 11.0. The Morgan fingerprint density at radius 1 is 0.750 bits per heavy atom. The first-order valence-corrected chi connectivity index (χ1v) is 11.0. The summed E-state index contributed by atoms with van der Waals surface area (Å²) in [5.41, 5.74) is 0. The fraction of sp³-hybridized carbons (Fsp3) is 0.917. The molecule has 0 aromatic rings. The first kappa shape index (κ1) is 23.7. The fourth-order valence-corrected chi connectivity index (χ4v) is 4.12. The monoisotopic (exact) mass is 336 g/mol. The van der Waals surface area contributed by atoms with Crippen LogP contribution in [0.2, 0.25) is 0 Å². The second-order valence-electron chi connectivity index (χ2n) is 8.85. The predicted octanol–water partition coefficient (Wildman–Crippen LogP) is 8.66. The Balaban J connectivity index is 4.22. The fourth-order valence-electron chi connectivity index (χ4n) is 4.12. The summed E-state index contributed by atoms with van der Waals surface area (Å²) >= 11 is 0. The molecule has 0 aliphatic rings. The Kier molecular flexibility index (Phi) is 14.9. The number of hydrogen-bond donors (Lipinski definition) is 0. The van der Waals surface area contributed by atoms with Gasteiger partial charge in [-0.3, -0.25) is 0 Å². The van der Waals surface area contributed by atoms with E-state index >= 15 is 0 Å². The van der Waals surface area contributed by atoms with E-state index in [1.807, 2.05) is 0 Å². The van der Waals surface area contributed by atoms with E-state index in [9.17, 15) is 0 Å². The molecule has 144 valence electrons. The van der Waals surface area contributed by atoms with Crippen molar-refractivity contribution < 1.29 is 0 Å². The topological polar surface area (TPSA) is 0 Å². The predicted molar refractivity (Wildman–Crippen MR) is 112 cm³/mol. The third-order valence-corrected chi connectivity index (χ3v) is 6.31. The van der Waals surface area contributed by atoms with Gasteiger partial charge in [-0.2, -0.15) is 0 Å². The number of unbranched alkanes of at least 4 members (excludes halogenated alkanes) is 4. The van der Waals surface area contributed by atoms with Gasteiger partial charge < -0.3 is 0 Å². The maximum absolute atomic E-state index is 3.86. The van der Waals surface area contributed by atoms with E-state index in [1.54, 1.807) is 0 Å². The van der Waals surface area contributed by atoms with E-state index in [2.05, 4.69) is 54.2 Å². The molecule has 0 aromatic carbocycles. The van der Waals surface area contributed by atoms with E-state index in [0.717, 1.165) is 29.6 Å². The second-order valence-corrected chi connectivity index (χ2v) is 8.85. The molecule has 0 rings (SSSR count). The highest BCUT2D eigenvalue weighted by Crippen LogP contribution is 2.34. The molecule has 0 amide bonds. The van der Waals surface area contributed by atoms with Gasteiger partial charge in [-0.25, -0.2) is 0 Å². The highest BCUT2D eigenvalue weighted by atomic mass is 14.3. The van der Waals surface area contributed by atoms with Crippen LogP contribution in [0.3, 0.4) is 0 Å². The molecule has 0 aromatic heterocycles. The maximum atomic E-state index is 3.86. The van der Waals surface area contributed by atoms with Crippen LogP contribution in [-0.2, 0) is 0 Å². The lowest BCUT2D eigenvalue weighted by molar-refractivity contribution is 0.175. The Morgan fingerprint density at radius 2 is 1.38 bits per heavy atom. The summed E-state index contributed by atoms with van der Waals surface area (Å²) < 4.78 is 0. The van der Waals surface area contributed by atoms with E-state index < -0.39 is 0 Å². The van der Waals surface area contributed by atoms with Crippen LogP contribution >= 0.6 is 0 Å². The molecule has 4 unspecified atom stereocenters. The standard InChI is InChI=1S/C24H48/c1-8-10-12-14-19-24(23(7)20(3)4)22(6)18-15-17-21(5)16-13-11-9-2/h8,20-24H,1,9-19H2,2-7H3. The van der Waals surface area contributed by atoms with Gasteiger partial charge in [0.05, 0.1) is 0 Å². The van der Waals surface area contributed by atoms with Crippen molar-refractivity contribution in [1.82, 2.24) is 0 Å². The molecule has 0 bridgehead atoms. The van der Waals surface area contributed by atoms with Crippen LogP contribution in [0.4, 0.5) is 0 Å². The molecule has 0 N–H and O–H groups in total. The minimum absolute atomic E-state index is 0.810. The van der Waals surface area contributed by atoms with Crippen LogP contribution in [0, 0.1) is 29.6 Å². The molecule has 0 saturated heterocycles. The maximum Gasteiger partial charge on any atom is -0.0353 e. The quantitative estimate of drug-likeness (QED) is 0.195. The minimum atomic E-state index is 0.810. The summed E-state index contributed by atoms with van der Waals surface area (Å²) in [6.45, 7) is 18.5. The van der Waals surface area contributed by atoms with Crippen molar-refractivity contribution in [3.05, 3.63) is 12.7 Å². The van der Waals surface area contributed by atoms with E-state index in [4.69, 9.17) is 0 Å². The molecule has 0 radical (unpaired) electrons. The summed E-state index contributed by atoms with van der Waals surface area (Å²) in [5, 5.41) is 0. The number of allylic oxidation sites excluding steroid dienone is 1. The summed E-state index contributed by atoms with van der Waals surface area (Å²) in [6, 6.07) is 0. The normalized spacial score (nSPS) is 16.8. The van der Waals surface area contributed by atoms with Gasteiger partial charge in [0, 0.05) is 0 Å². The molecule has 4 atom stereocenters. The Morgan fingerprint density at radius 3 is 1.96 bits per heavy atom. The highest BCUT2D eigenvalue weighted by molar-refractivity contribution is 4.76. The molecule has 0 fully saturated rings. The molecule has 0 saturated carbocycles. The van der Waals surface area contributed by atoms with Crippen molar-refractivity contribution >= 4 is 0 Å². The van der Waals surface area contributed by atoms with Gasteiger partial charge in [0.1, 0.15) is 0 Å². The lowest BCUT2D eigenvalue weighted by Crippen LogP contribution is -2.24. The molecular formula is C24H48. The lowest BCUT2D eigenvalue weighted by Gasteiger charge is -2.32. The van der Waals surface area contributed by atoms with Crippen molar-refractivity contribution in [3.63, 3.8) is 0 Å². The van der Waals surface area contributed by atoms with Crippen LogP contribution in [0.1, 0.15) is 112 Å². The second kappa shape index (κ2) is 15.0. The Bertz CT molecular complexity index is 278. The zero-order valence-electron chi connectivity index (χ0n) is 17.9. The van der Waals surface area contributed by atoms with Crippen molar-refractivity contribution in [2.75, 3.05) is 0 Å². The van der Waals surface area contributed by atoms with Crippen molar-refractivity contribution in [1.29, 1.82) is 0 Å². The first-order chi connectivity index (χ1) is 11.4. The van der Waals surface area contributed by atoms with Gasteiger partial charge in [-0.05, 0) is 48.9 Å².